The van der Waals surface area contributed by atoms with E-state index in [-0.39, 0.29) is 24.4 Å². The van der Waals surface area contributed by atoms with E-state index < -0.39 is 29.8 Å². The molecule has 0 radical (unpaired) electrons. The number of cyclic esters (lactones) is 1. The summed E-state index contributed by atoms with van der Waals surface area (Å²) in [6.07, 6.45) is 0.881. The first-order valence-electron chi connectivity index (χ1n) is 7.96. The van der Waals surface area contributed by atoms with Crippen molar-refractivity contribution in [2.45, 2.75) is 19.4 Å². The van der Waals surface area contributed by atoms with Gasteiger partial charge in [0.1, 0.15) is 18.2 Å². The molecule has 1 unspecified atom stereocenters. The number of carbonyl (C=O) groups excluding carboxylic acids is 2. The molecule has 2 aliphatic rings. The lowest BCUT2D eigenvalue weighted by Crippen LogP contribution is -2.27. The van der Waals surface area contributed by atoms with Crippen molar-refractivity contribution >= 4 is 23.3 Å². The Kier molecular flexibility index (Phi) is 4.98. The molecule has 6 nitrogen and oxygen atoms in total. The quantitative estimate of drug-likeness (QED) is 0.842. The Morgan fingerprint density at radius 1 is 1.40 bits per heavy atom. The van der Waals surface area contributed by atoms with Gasteiger partial charge in [-0.2, -0.15) is 0 Å². The van der Waals surface area contributed by atoms with Gasteiger partial charge >= 0.3 is 12.1 Å². The Morgan fingerprint density at radius 3 is 2.72 bits per heavy atom. The Balaban J connectivity index is 1.80. The number of nitrogens with zero attached hydrogens (tertiary/aromatic N) is 1. The second kappa shape index (κ2) is 7.18. The molecule has 1 aromatic carbocycles. The monoisotopic (exact) mass is 352 g/mol. The second-order valence-corrected chi connectivity index (χ2v) is 5.89. The van der Waals surface area contributed by atoms with Crippen LogP contribution in [0.1, 0.15) is 18.9 Å². The molecule has 1 N–H and O–H groups in total. The molecule has 134 valence electrons. The van der Waals surface area contributed by atoms with Gasteiger partial charge < -0.3 is 14.8 Å². The Hall–Kier alpha value is -2.48. The van der Waals surface area contributed by atoms with Crippen LogP contribution in [0, 0.1) is 11.6 Å². The number of halogens is 2. The SMILES string of the molecule is CC(=O)OCC1CN(c2cc(F)c(C3=CCNCC3)c(F)c2)C(=O)O1. The standard InChI is InChI=1S/C17H18F2N2O4/c1-10(22)24-9-13-8-21(17(23)25-13)12-6-14(18)16(15(19)7-12)11-2-4-20-5-3-11/h2,6-7,13,20H,3-5,8-9H2,1H3. The molecule has 0 aromatic heterocycles. The largest absolute Gasteiger partial charge is 0.462 e. The maximum atomic E-state index is 14.5. The molecule has 0 spiro atoms. The first kappa shape index (κ1) is 17.3. The smallest absolute Gasteiger partial charge is 0.414 e. The average Bonchev–Trinajstić information content (AvgIpc) is 2.94. The van der Waals surface area contributed by atoms with Crippen LogP contribution in [0.15, 0.2) is 18.2 Å². The predicted octanol–water partition coefficient (Wildman–Crippen LogP) is 2.23. The Morgan fingerprint density at radius 2 is 2.12 bits per heavy atom. The van der Waals surface area contributed by atoms with E-state index in [0.29, 0.717) is 25.1 Å². The molecular weight excluding hydrogens is 334 g/mol. The highest BCUT2D eigenvalue weighted by molar-refractivity contribution is 5.90. The van der Waals surface area contributed by atoms with Crippen LogP contribution in [0.4, 0.5) is 19.3 Å². The van der Waals surface area contributed by atoms with Crippen molar-refractivity contribution in [2.75, 3.05) is 31.1 Å². The van der Waals surface area contributed by atoms with Gasteiger partial charge in [0.15, 0.2) is 6.10 Å². The molecule has 3 rings (SSSR count). The molecule has 1 aromatic rings. The van der Waals surface area contributed by atoms with Gasteiger partial charge in [0, 0.05) is 19.0 Å². The van der Waals surface area contributed by atoms with Crippen LogP contribution in [0.5, 0.6) is 0 Å². The van der Waals surface area contributed by atoms with Gasteiger partial charge in [-0.1, -0.05) is 6.08 Å². The molecule has 25 heavy (non-hydrogen) atoms. The van der Waals surface area contributed by atoms with Gasteiger partial charge in [-0.3, -0.25) is 9.69 Å². The first-order chi connectivity index (χ1) is 12.0. The fourth-order valence-electron chi connectivity index (χ4n) is 2.90. The molecule has 0 aliphatic carbocycles. The van der Waals surface area contributed by atoms with Crippen LogP contribution in [-0.4, -0.2) is 44.4 Å². The number of ether oxygens (including phenoxy) is 2. The first-order valence-corrected chi connectivity index (χ1v) is 7.96. The maximum Gasteiger partial charge on any atom is 0.414 e. The summed E-state index contributed by atoms with van der Waals surface area (Å²) in [5.41, 5.74) is 0.620. The number of carbonyl (C=O) groups is 2. The van der Waals surface area contributed by atoms with Crippen molar-refractivity contribution in [3.63, 3.8) is 0 Å². The van der Waals surface area contributed by atoms with Crippen molar-refractivity contribution < 1.29 is 27.8 Å². The minimum absolute atomic E-state index is 0.0525. The number of benzene rings is 1. The number of anilines is 1. The molecular formula is C17H18F2N2O4. The summed E-state index contributed by atoms with van der Waals surface area (Å²) in [5.74, 6) is -1.94. The van der Waals surface area contributed by atoms with E-state index >= 15 is 0 Å². The lowest BCUT2D eigenvalue weighted by molar-refractivity contribution is -0.143. The van der Waals surface area contributed by atoms with Gasteiger partial charge in [0.05, 0.1) is 12.2 Å². The average molecular weight is 352 g/mol. The molecule has 1 atom stereocenters. The van der Waals surface area contributed by atoms with Gasteiger partial charge in [0.25, 0.3) is 0 Å². The van der Waals surface area contributed by atoms with E-state index in [0.717, 1.165) is 17.0 Å². The predicted molar refractivity (Wildman–Crippen MR) is 86.1 cm³/mol. The molecule has 2 aliphatic heterocycles. The number of hydrogen-bond donors (Lipinski definition) is 1. The van der Waals surface area contributed by atoms with E-state index in [2.05, 4.69) is 5.32 Å². The molecule has 1 saturated heterocycles. The summed E-state index contributed by atoms with van der Waals surface area (Å²) < 4.78 is 38.8. The van der Waals surface area contributed by atoms with E-state index in [1.54, 1.807) is 6.08 Å². The van der Waals surface area contributed by atoms with Crippen molar-refractivity contribution in [3.05, 3.63) is 35.4 Å². The maximum absolute atomic E-state index is 14.5. The van der Waals surface area contributed by atoms with Crippen LogP contribution in [0.25, 0.3) is 5.57 Å². The third-order valence-corrected chi connectivity index (χ3v) is 4.07. The number of rotatable bonds is 4. The zero-order chi connectivity index (χ0) is 18.0. The van der Waals surface area contributed by atoms with E-state index in [1.165, 1.54) is 6.92 Å². The van der Waals surface area contributed by atoms with Gasteiger partial charge in [0.2, 0.25) is 0 Å². The fourth-order valence-corrected chi connectivity index (χ4v) is 2.90. The minimum atomic E-state index is -0.732. The second-order valence-electron chi connectivity index (χ2n) is 5.89. The topological polar surface area (TPSA) is 67.9 Å². The highest BCUT2D eigenvalue weighted by Gasteiger charge is 2.34. The molecule has 0 bridgehead atoms. The van der Waals surface area contributed by atoms with Crippen LogP contribution in [0.2, 0.25) is 0 Å². The summed E-state index contributed by atoms with van der Waals surface area (Å²) in [4.78, 5) is 23.9. The Bertz CT molecular complexity index is 712. The summed E-state index contributed by atoms with van der Waals surface area (Å²) >= 11 is 0. The van der Waals surface area contributed by atoms with Crippen molar-refractivity contribution in [1.82, 2.24) is 5.32 Å². The summed E-state index contributed by atoms with van der Waals surface area (Å²) in [6, 6.07) is 2.24. The van der Waals surface area contributed by atoms with Gasteiger partial charge in [-0.05, 0) is 30.7 Å². The molecule has 8 heteroatoms. The summed E-state index contributed by atoms with van der Waals surface area (Å²) in [7, 11) is 0. The molecule has 2 heterocycles. The lowest BCUT2D eigenvalue weighted by atomic mass is 9.98. The van der Waals surface area contributed by atoms with Crippen LogP contribution in [0.3, 0.4) is 0 Å². The van der Waals surface area contributed by atoms with Crippen molar-refractivity contribution in [2.24, 2.45) is 0 Å². The van der Waals surface area contributed by atoms with Crippen LogP contribution in [-0.2, 0) is 14.3 Å². The summed E-state index contributed by atoms with van der Waals surface area (Å²) in [5, 5.41) is 3.08. The van der Waals surface area contributed by atoms with E-state index in [9.17, 15) is 18.4 Å². The fraction of sp³-hybridized carbons (Fsp3) is 0.412. The third-order valence-electron chi connectivity index (χ3n) is 4.07. The normalized spacial score (nSPS) is 20.3. The zero-order valence-electron chi connectivity index (χ0n) is 13.7. The zero-order valence-corrected chi connectivity index (χ0v) is 13.7. The summed E-state index contributed by atoms with van der Waals surface area (Å²) in [6.45, 7) is 2.42. The van der Waals surface area contributed by atoms with Crippen molar-refractivity contribution in [1.29, 1.82) is 0 Å². The number of amides is 1. The molecule has 0 saturated carbocycles. The highest BCUT2D eigenvalue weighted by atomic mass is 19.1. The minimum Gasteiger partial charge on any atom is -0.462 e. The van der Waals surface area contributed by atoms with Crippen LogP contribution < -0.4 is 10.2 Å². The molecule has 1 amide bonds. The number of hydrogen-bond acceptors (Lipinski definition) is 5. The number of esters is 1. The number of nitrogens with one attached hydrogen (secondary N) is 1. The highest BCUT2D eigenvalue weighted by Crippen LogP contribution is 2.31. The Labute approximate surface area is 143 Å². The molecule has 1 fully saturated rings. The van der Waals surface area contributed by atoms with Gasteiger partial charge in [-0.15, -0.1) is 0 Å². The van der Waals surface area contributed by atoms with Crippen molar-refractivity contribution in [3.8, 4) is 0 Å². The van der Waals surface area contributed by atoms with Gasteiger partial charge in [-0.25, -0.2) is 13.6 Å². The van der Waals surface area contributed by atoms with Crippen LogP contribution >= 0.6 is 0 Å². The third kappa shape index (κ3) is 3.79. The lowest BCUT2D eigenvalue weighted by Gasteiger charge is -2.18. The van der Waals surface area contributed by atoms with E-state index in [4.69, 9.17) is 9.47 Å². The van der Waals surface area contributed by atoms with E-state index in [1.807, 2.05) is 0 Å².